The molecule has 0 bridgehead atoms. The number of aromatic amines is 1. The minimum atomic E-state index is -0.344. The number of amides is 1. The second-order valence-corrected chi connectivity index (χ2v) is 9.32. The Hall–Kier alpha value is -3.96. The molecule has 1 fully saturated rings. The molecule has 2 atom stereocenters. The largest absolute Gasteiger partial charge is 0.356 e. The number of para-hydroxylation sites is 1. The molecule has 4 nitrogen and oxygen atoms in total. The first-order valence-electron chi connectivity index (χ1n) is 11.5. The third kappa shape index (κ3) is 2.65. The molecule has 1 N–H and O–H groups in total. The molecule has 164 valence electrons. The van der Waals surface area contributed by atoms with Crippen LogP contribution in [-0.2, 0) is 11.2 Å². The molecule has 7 rings (SSSR count). The van der Waals surface area contributed by atoms with Crippen molar-refractivity contribution in [2.75, 3.05) is 4.90 Å². The molecule has 1 amide bonds. The highest BCUT2D eigenvalue weighted by Gasteiger charge is 2.51. The SMILES string of the molecule is O=C1[C@H]2Cc3c([nH]c4ccccc34)[C@@H](c3ccccc3)N2C(=S)N1c1cccc2ccccc12. The molecule has 0 unspecified atom stereocenters. The number of nitrogens with one attached hydrogen (secondary N) is 1. The van der Waals surface area contributed by atoms with Crippen molar-refractivity contribution in [3.63, 3.8) is 0 Å². The summed E-state index contributed by atoms with van der Waals surface area (Å²) >= 11 is 6.06. The third-order valence-electron chi connectivity index (χ3n) is 7.17. The van der Waals surface area contributed by atoms with Gasteiger partial charge in [0.05, 0.1) is 11.7 Å². The maximum atomic E-state index is 14.0. The van der Waals surface area contributed by atoms with E-state index in [9.17, 15) is 4.79 Å². The van der Waals surface area contributed by atoms with Gasteiger partial charge in [0, 0.05) is 28.4 Å². The average Bonchev–Trinajstić information content (AvgIpc) is 3.37. The fraction of sp³-hybridized carbons (Fsp3) is 0.103. The van der Waals surface area contributed by atoms with Crippen LogP contribution in [0.4, 0.5) is 5.69 Å². The van der Waals surface area contributed by atoms with Crippen LogP contribution in [0, 0.1) is 0 Å². The summed E-state index contributed by atoms with van der Waals surface area (Å²) < 4.78 is 0. The van der Waals surface area contributed by atoms with Gasteiger partial charge in [-0.15, -0.1) is 0 Å². The van der Waals surface area contributed by atoms with E-state index >= 15 is 0 Å². The zero-order chi connectivity index (χ0) is 22.8. The van der Waals surface area contributed by atoms with Gasteiger partial charge in [0.25, 0.3) is 5.91 Å². The van der Waals surface area contributed by atoms with Gasteiger partial charge in [-0.05, 0) is 40.9 Å². The quantitative estimate of drug-likeness (QED) is 0.331. The number of hydrogen-bond donors (Lipinski definition) is 1. The molecule has 5 aromatic rings. The molecule has 4 aromatic carbocycles. The van der Waals surface area contributed by atoms with Crippen molar-refractivity contribution in [1.82, 2.24) is 9.88 Å². The number of hydrogen-bond acceptors (Lipinski definition) is 2. The van der Waals surface area contributed by atoms with Crippen LogP contribution in [0.1, 0.15) is 22.9 Å². The molecule has 1 saturated heterocycles. The summed E-state index contributed by atoms with van der Waals surface area (Å²) in [5, 5.41) is 3.86. The Bertz CT molecular complexity index is 1600. The van der Waals surface area contributed by atoms with Gasteiger partial charge < -0.3 is 9.88 Å². The van der Waals surface area contributed by atoms with E-state index in [1.807, 2.05) is 48.5 Å². The molecular weight excluding hydrogens is 438 g/mol. The smallest absolute Gasteiger partial charge is 0.256 e. The monoisotopic (exact) mass is 459 g/mol. The van der Waals surface area contributed by atoms with Crippen LogP contribution in [0.15, 0.2) is 97.1 Å². The highest BCUT2D eigenvalue weighted by atomic mass is 32.1. The van der Waals surface area contributed by atoms with E-state index in [4.69, 9.17) is 12.2 Å². The predicted molar refractivity (Wildman–Crippen MR) is 140 cm³/mol. The van der Waals surface area contributed by atoms with E-state index in [1.54, 1.807) is 4.90 Å². The lowest BCUT2D eigenvalue weighted by molar-refractivity contribution is -0.120. The Kier molecular flexibility index (Phi) is 4.17. The van der Waals surface area contributed by atoms with E-state index in [0.717, 1.165) is 33.2 Å². The Balaban J connectivity index is 1.44. The minimum Gasteiger partial charge on any atom is -0.356 e. The number of anilines is 1. The van der Waals surface area contributed by atoms with E-state index in [0.29, 0.717) is 11.5 Å². The summed E-state index contributed by atoms with van der Waals surface area (Å²) in [4.78, 5) is 21.6. The van der Waals surface area contributed by atoms with Gasteiger partial charge in [-0.1, -0.05) is 84.9 Å². The molecule has 0 aliphatic carbocycles. The number of benzene rings is 4. The summed E-state index contributed by atoms with van der Waals surface area (Å²) in [5.41, 5.74) is 5.40. The normalized spacial score (nSPS) is 19.6. The van der Waals surface area contributed by atoms with Crippen LogP contribution < -0.4 is 4.90 Å². The van der Waals surface area contributed by atoms with Gasteiger partial charge >= 0.3 is 0 Å². The predicted octanol–water partition coefficient (Wildman–Crippen LogP) is 5.97. The van der Waals surface area contributed by atoms with Crippen LogP contribution in [0.5, 0.6) is 0 Å². The fourth-order valence-corrected chi connectivity index (χ4v) is 6.10. The molecule has 2 aliphatic heterocycles. The van der Waals surface area contributed by atoms with Crippen molar-refractivity contribution in [2.45, 2.75) is 18.5 Å². The lowest BCUT2D eigenvalue weighted by atomic mass is 9.89. The van der Waals surface area contributed by atoms with Crippen molar-refractivity contribution in [1.29, 1.82) is 0 Å². The number of carbonyl (C=O) groups excluding carboxylic acids is 1. The second-order valence-electron chi connectivity index (χ2n) is 8.96. The van der Waals surface area contributed by atoms with Crippen molar-refractivity contribution < 1.29 is 4.79 Å². The number of nitrogens with zero attached hydrogens (tertiary/aromatic N) is 2. The fourth-order valence-electron chi connectivity index (χ4n) is 5.68. The summed E-state index contributed by atoms with van der Waals surface area (Å²) in [7, 11) is 0. The summed E-state index contributed by atoms with van der Waals surface area (Å²) in [6, 6.07) is 32.4. The third-order valence-corrected chi connectivity index (χ3v) is 7.57. The van der Waals surface area contributed by atoms with Crippen molar-refractivity contribution in [2.24, 2.45) is 0 Å². The first-order chi connectivity index (χ1) is 16.7. The molecule has 34 heavy (non-hydrogen) atoms. The summed E-state index contributed by atoms with van der Waals surface area (Å²) in [5.74, 6) is 0.0400. The van der Waals surface area contributed by atoms with Gasteiger partial charge in [-0.3, -0.25) is 9.69 Å². The lowest BCUT2D eigenvalue weighted by Crippen LogP contribution is -2.44. The molecule has 2 aliphatic rings. The second kappa shape index (κ2) is 7.27. The molecule has 0 saturated carbocycles. The molecule has 5 heteroatoms. The standard InChI is InChI=1S/C29H21N3OS/c33-28-25-17-22-21-14-6-7-15-23(21)30-26(22)27(19-10-2-1-3-11-19)31(25)29(34)32(28)24-16-8-12-18-9-4-5-13-20(18)24/h1-16,25,27,30H,17H2/t25-,27-/m1/s1. The molecule has 0 spiro atoms. The number of aromatic nitrogens is 1. The van der Waals surface area contributed by atoms with Crippen molar-refractivity contribution in [3.8, 4) is 0 Å². The van der Waals surface area contributed by atoms with Crippen LogP contribution in [0.3, 0.4) is 0 Å². The van der Waals surface area contributed by atoms with E-state index < -0.39 is 0 Å². The number of rotatable bonds is 2. The molecule has 0 radical (unpaired) electrons. The van der Waals surface area contributed by atoms with Gasteiger partial charge in [0.2, 0.25) is 0 Å². The number of fused-ring (bicyclic) bond motifs is 5. The van der Waals surface area contributed by atoms with E-state index in [2.05, 4.69) is 58.4 Å². The van der Waals surface area contributed by atoms with Gasteiger partial charge in [0.15, 0.2) is 5.11 Å². The summed E-state index contributed by atoms with van der Waals surface area (Å²) in [6.45, 7) is 0. The number of carbonyl (C=O) groups is 1. The van der Waals surface area contributed by atoms with Crippen LogP contribution in [0.25, 0.3) is 21.7 Å². The molecule has 1 aromatic heterocycles. The van der Waals surface area contributed by atoms with Gasteiger partial charge in [0.1, 0.15) is 6.04 Å². The Labute approximate surface area is 202 Å². The topological polar surface area (TPSA) is 39.3 Å². The van der Waals surface area contributed by atoms with Gasteiger partial charge in [-0.2, -0.15) is 0 Å². The first kappa shape index (κ1) is 19.5. The lowest BCUT2D eigenvalue weighted by Gasteiger charge is -2.37. The average molecular weight is 460 g/mol. The van der Waals surface area contributed by atoms with Crippen molar-refractivity contribution >= 4 is 50.6 Å². The maximum Gasteiger partial charge on any atom is 0.256 e. The first-order valence-corrected chi connectivity index (χ1v) is 11.9. The molecule has 3 heterocycles. The zero-order valence-corrected chi connectivity index (χ0v) is 19.1. The number of thiocarbonyl (C=S) groups is 1. The highest BCUT2D eigenvalue weighted by Crippen LogP contribution is 2.45. The van der Waals surface area contributed by atoms with Crippen molar-refractivity contribution in [3.05, 3.63) is 114 Å². The van der Waals surface area contributed by atoms with Crippen LogP contribution in [-0.4, -0.2) is 26.9 Å². The Morgan fingerprint density at radius 2 is 1.50 bits per heavy atom. The Morgan fingerprint density at radius 3 is 2.35 bits per heavy atom. The minimum absolute atomic E-state index is 0.0400. The zero-order valence-electron chi connectivity index (χ0n) is 18.3. The van der Waals surface area contributed by atoms with Crippen LogP contribution >= 0.6 is 12.2 Å². The maximum absolute atomic E-state index is 14.0. The van der Waals surface area contributed by atoms with E-state index in [1.165, 1.54) is 10.9 Å². The Morgan fingerprint density at radius 1 is 0.794 bits per heavy atom. The molecular formula is C29H21N3OS. The van der Waals surface area contributed by atoms with Gasteiger partial charge in [-0.25, -0.2) is 0 Å². The summed E-state index contributed by atoms with van der Waals surface area (Å²) in [6.07, 6.45) is 0.628. The van der Waals surface area contributed by atoms with E-state index in [-0.39, 0.29) is 18.0 Å². The highest BCUT2D eigenvalue weighted by molar-refractivity contribution is 7.80. The van der Waals surface area contributed by atoms with Crippen LogP contribution in [0.2, 0.25) is 0 Å². The number of H-pyrrole nitrogens is 1.